The normalized spacial score (nSPS) is 11.4. The molecule has 0 bridgehead atoms. The molecule has 208 valence electrons. The van der Waals surface area contributed by atoms with E-state index in [-0.39, 0.29) is 17.0 Å². The van der Waals surface area contributed by atoms with Crippen molar-refractivity contribution in [2.75, 3.05) is 10.6 Å². The highest BCUT2D eigenvalue weighted by molar-refractivity contribution is 8.00. The highest BCUT2D eigenvalue weighted by Gasteiger charge is 2.23. The number of carbonyl (C=O) groups excluding carboxylic acids is 3. The minimum atomic E-state index is -1.12. The molecule has 0 heterocycles. The average Bonchev–Trinajstić information content (AvgIpc) is 3.00. The van der Waals surface area contributed by atoms with Crippen molar-refractivity contribution in [3.63, 3.8) is 0 Å². The number of hydrogen-bond donors (Lipinski definition) is 4. The van der Waals surface area contributed by atoms with E-state index in [9.17, 15) is 24.3 Å². The van der Waals surface area contributed by atoms with Crippen molar-refractivity contribution < 1.29 is 24.3 Å². The van der Waals surface area contributed by atoms with Crippen molar-refractivity contribution in [3.8, 4) is 0 Å². The van der Waals surface area contributed by atoms with Crippen molar-refractivity contribution in [2.24, 2.45) is 5.73 Å². The minimum Gasteiger partial charge on any atom is -0.478 e. The quantitative estimate of drug-likeness (QED) is 0.151. The molecule has 1 unspecified atom stereocenters. The van der Waals surface area contributed by atoms with Crippen LogP contribution in [-0.2, 0) is 4.79 Å². The first-order chi connectivity index (χ1) is 20.3. The molecule has 9 heteroatoms. The van der Waals surface area contributed by atoms with Crippen LogP contribution in [0.2, 0.25) is 0 Å². The molecule has 5 aromatic rings. The number of carboxylic acids is 1. The molecule has 0 spiro atoms. The summed E-state index contributed by atoms with van der Waals surface area (Å²) in [4.78, 5) is 50.7. The summed E-state index contributed by atoms with van der Waals surface area (Å²) < 4.78 is 0. The van der Waals surface area contributed by atoms with E-state index >= 15 is 0 Å². The molecule has 0 aliphatic carbocycles. The summed E-state index contributed by atoms with van der Waals surface area (Å²) in [5.74, 6) is -2.40. The van der Waals surface area contributed by atoms with Gasteiger partial charge in [0.05, 0.1) is 5.56 Å². The van der Waals surface area contributed by atoms with E-state index in [0.717, 1.165) is 10.5 Å². The second-order valence-electron chi connectivity index (χ2n) is 9.34. The van der Waals surface area contributed by atoms with Crippen LogP contribution in [0.4, 0.5) is 11.4 Å². The van der Waals surface area contributed by atoms with Crippen LogP contribution in [0.3, 0.4) is 0 Å². The molecule has 1 atom stereocenters. The summed E-state index contributed by atoms with van der Waals surface area (Å²) in [5.41, 5.74) is 7.72. The minimum absolute atomic E-state index is 0.0449. The number of aromatic carboxylic acids is 1. The summed E-state index contributed by atoms with van der Waals surface area (Å²) in [7, 11) is 0. The summed E-state index contributed by atoms with van der Waals surface area (Å²) in [6.07, 6.45) is 0. The van der Waals surface area contributed by atoms with Gasteiger partial charge in [-0.3, -0.25) is 14.4 Å². The Morgan fingerprint density at radius 1 is 0.690 bits per heavy atom. The maximum absolute atomic E-state index is 13.5. The second-order valence-corrected chi connectivity index (χ2v) is 10.5. The van der Waals surface area contributed by atoms with Gasteiger partial charge in [0.1, 0.15) is 5.25 Å². The molecule has 5 rings (SSSR count). The van der Waals surface area contributed by atoms with Gasteiger partial charge in [-0.25, -0.2) is 4.79 Å². The lowest BCUT2D eigenvalue weighted by atomic mass is 9.98. The predicted octanol–water partition coefficient (Wildman–Crippen LogP) is 6.36. The molecule has 0 aromatic heterocycles. The molecule has 0 saturated heterocycles. The first-order valence-electron chi connectivity index (χ1n) is 12.9. The Morgan fingerprint density at radius 3 is 2.02 bits per heavy atom. The Kier molecular flexibility index (Phi) is 8.31. The van der Waals surface area contributed by atoms with Gasteiger partial charge in [0.2, 0.25) is 11.8 Å². The number of primary amides is 1. The zero-order valence-corrected chi connectivity index (χ0v) is 22.9. The van der Waals surface area contributed by atoms with E-state index in [2.05, 4.69) is 10.6 Å². The number of rotatable bonds is 9. The first-order valence-corrected chi connectivity index (χ1v) is 13.8. The highest BCUT2D eigenvalue weighted by Crippen LogP contribution is 2.37. The van der Waals surface area contributed by atoms with E-state index in [1.165, 1.54) is 17.8 Å². The largest absolute Gasteiger partial charge is 0.478 e. The monoisotopic (exact) mass is 575 g/mol. The van der Waals surface area contributed by atoms with Crippen molar-refractivity contribution in [2.45, 2.75) is 10.1 Å². The molecule has 0 radical (unpaired) electrons. The summed E-state index contributed by atoms with van der Waals surface area (Å²) in [5, 5.41) is 15.8. The van der Waals surface area contributed by atoms with E-state index in [1.807, 2.05) is 36.4 Å². The predicted molar refractivity (Wildman–Crippen MR) is 164 cm³/mol. The number of anilines is 2. The van der Waals surface area contributed by atoms with Gasteiger partial charge in [-0.1, -0.05) is 60.7 Å². The van der Waals surface area contributed by atoms with Crippen LogP contribution in [-0.4, -0.2) is 28.8 Å². The number of carboxylic acid groups (broad SMARTS) is 1. The first kappa shape index (κ1) is 28.1. The van der Waals surface area contributed by atoms with Crippen LogP contribution in [0, 0.1) is 0 Å². The average molecular weight is 576 g/mol. The van der Waals surface area contributed by atoms with Gasteiger partial charge in [-0.15, -0.1) is 11.8 Å². The third-order valence-electron chi connectivity index (χ3n) is 6.50. The van der Waals surface area contributed by atoms with Crippen LogP contribution >= 0.6 is 11.8 Å². The maximum Gasteiger partial charge on any atom is 0.336 e. The van der Waals surface area contributed by atoms with Crippen LogP contribution in [0.25, 0.3) is 10.8 Å². The summed E-state index contributed by atoms with van der Waals surface area (Å²) in [6, 6.07) is 32.6. The van der Waals surface area contributed by atoms with Crippen LogP contribution in [0.1, 0.15) is 41.9 Å². The van der Waals surface area contributed by atoms with Crippen LogP contribution in [0.15, 0.2) is 120 Å². The molecule has 3 amide bonds. The van der Waals surface area contributed by atoms with Gasteiger partial charge in [-0.2, -0.15) is 0 Å². The fourth-order valence-electron chi connectivity index (χ4n) is 4.52. The Bertz CT molecular complexity index is 1800. The fraction of sp³-hybridized carbons (Fsp3) is 0.0303. The summed E-state index contributed by atoms with van der Waals surface area (Å²) in [6.45, 7) is 0. The number of benzene rings is 5. The SMILES string of the molecule is NC(=O)c1ccc(NC(=O)C(Sc2cccc(NC(=O)c3cccc4cccc(C(=O)O)c34)c2)c2ccccc2)cc1. The number of nitrogens with one attached hydrogen (secondary N) is 2. The second kappa shape index (κ2) is 12.4. The molecule has 0 saturated carbocycles. The zero-order valence-electron chi connectivity index (χ0n) is 22.1. The maximum atomic E-state index is 13.5. The van der Waals surface area contributed by atoms with Gasteiger partial charge in [0, 0.05) is 32.8 Å². The Morgan fingerprint density at radius 2 is 1.36 bits per heavy atom. The Hall–Kier alpha value is -5.41. The van der Waals surface area contributed by atoms with Gasteiger partial charge >= 0.3 is 5.97 Å². The molecule has 5 aromatic carbocycles. The summed E-state index contributed by atoms with van der Waals surface area (Å²) >= 11 is 1.31. The molecule has 0 fully saturated rings. The van der Waals surface area contributed by atoms with E-state index in [1.54, 1.807) is 72.8 Å². The van der Waals surface area contributed by atoms with E-state index < -0.39 is 23.0 Å². The van der Waals surface area contributed by atoms with E-state index in [0.29, 0.717) is 27.7 Å². The van der Waals surface area contributed by atoms with Crippen molar-refractivity contribution >= 4 is 57.6 Å². The number of hydrogen-bond acceptors (Lipinski definition) is 5. The van der Waals surface area contributed by atoms with Crippen LogP contribution in [0.5, 0.6) is 0 Å². The fourth-order valence-corrected chi connectivity index (χ4v) is 5.60. The number of thioether (sulfide) groups is 1. The number of amides is 3. The van der Waals surface area contributed by atoms with Crippen molar-refractivity contribution in [3.05, 3.63) is 138 Å². The lowest BCUT2D eigenvalue weighted by Crippen LogP contribution is -2.19. The molecule has 42 heavy (non-hydrogen) atoms. The zero-order chi connectivity index (χ0) is 29.6. The van der Waals surface area contributed by atoms with Gasteiger partial charge < -0.3 is 21.5 Å². The Labute approximate surface area is 245 Å². The molecule has 5 N–H and O–H groups in total. The molecule has 0 aliphatic heterocycles. The van der Waals surface area contributed by atoms with Gasteiger partial charge in [-0.05, 0) is 65.5 Å². The third kappa shape index (κ3) is 6.32. The number of fused-ring (bicyclic) bond motifs is 1. The van der Waals surface area contributed by atoms with Crippen molar-refractivity contribution in [1.29, 1.82) is 0 Å². The molecule has 8 nitrogen and oxygen atoms in total. The highest BCUT2D eigenvalue weighted by atomic mass is 32.2. The topological polar surface area (TPSA) is 139 Å². The van der Waals surface area contributed by atoms with Crippen molar-refractivity contribution in [1.82, 2.24) is 0 Å². The lowest BCUT2D eigenvalue weighted by molar-refractivity contribution is -0.115. The standard InChI is InChI=1S/C33H25N3O5S/c34-30(37)22-15-17-23(18-16-22)35-32(39)29(21-7-2-1-3-8-21)42-25-12-6-11-24(19-25)36-31(38)26-13-4-9-20-10-5-14-27(28(20)26)33(40)41/h1-19,29H,(H2,34,37)(H,35,39)(H,36,38)(H,40,41). The molecular weight excluding hydrogens is 550 g/mol. The molecular formula is C33H25N3O5S. The third-order valence-corrected chi connectivity index (χ3v) is 7.75. The number of nitrogens with two attached hydrogens (primary N) is 1. The van der Waals surface area contributed by atoms with Gasteiger partial charge in [0.15, 0.2) is 0 Å². The lowest BCUT2D eigenvalue weighted by Gasteiger charge is -2.18. The molecule has 0 aliphatic rings. The van der Waals surface area contributed by atoms with Crippen LogP contribution < -0.4 is 16.4 Å². The van der Waals surface area contributed by atoms with Gasteiger partial charge in [0.25, 0.3) is 5.91 Å². The Balaban J connectivity index is 1.39. The van der Waals surface area contributed by atoms with E-state index in [4.69, 9.17) is 5.73 Å². The smallest absolute Gasteiger partial charge is 0.336 e. The number of carbonyl (C=O) groups is 4.